The second kappa shape index (κ2) is 7.21. The highest BCUT2D eigenvalue weighted by Gasteiger charge is 2.71. The molecule has 3 N–H and O–H groups in total. The number of rotatable bonds is 2. The van der Waals surface area contributed by atoms with E-state index in [9.17, 15) is 15.3 Å². The van der Waals surface area contributed by atoms with Gasteiger partial charge in [0.2, 0.25) is 0 Å². The van der Waals surface area contributed by atoms with E-state index in [0.717, 1.165) is 44.9 Å². The molecule has 1 heterocycles. The lowest BCUT2D eigenvalue weighted by molar-refractivity contribution is -0.185. The molecule has 0 spiro atoms. The van der Waals surface area contributed by atoms with Gasteiger partial charge in [-0.2, -0.15) is 0 Å². The van der Waals surface area contributed by atoms with E-state index < -0.39 is 17.3 Å². The number of allylic oxidation sites excluding steroid dienone is 2. The van der Waals surface area contributed by atoms with Crippen LogP contribution in [0.3, 0.4) is 0 Å². The molecule has 0 aromatic rings. The lowest BCUT2D eigenvalue weighted by Crippen LogP contribution is -2.58. The third kappa shape index (κ3) is 3.04. The highest BCUT2D eigenvalue weighted by Crippen LogP contribution is 2.75. The summed E-state index contributed by atoms with van der Waals surface area (Å²) in [6, 6.07) is 0. The summed E-state index contributed by atoms with van der Waals surface area (Å²) < 4.78 is 6.65. The minimum atomic E-state index is -0.869. The van der Waals surface area contributed by atoms with Crippen molar-refractivity contribution in [3.8, 4) is 0 Å². The van der Waals surface area contributed by atoms with E-state index in [2.05, 4.69) is 53.7 Å². The molecule has 5 rings (SSSR count). The first kappa shape index (κ1) is 25.0. The van der Waals surface area contributed by atoms with Crippen molar-refractivity contribution in [3.05, 3.63) is 23.3 Å². The van der Waals surface area contributed by atoms with E-state index in [1.54, 1.807) is 0 Å². The van der Waals surface area contributed by atoms with Crippen LogP contribution in [0.4, 0.5) is 0 Å². The average Bonchev–Trinajstić information content (AvgIpc) is 3.20. The smallest absolute Gasteiger partial charge is 0.0865 e. The maximum absolute atomic E-state index is 11.7. The molecule has 5 aliphatic rings. The van der Waals surface area contributed by atoms with E-state index >= 15 is 0 Å². The lowest BCUT2D eigenvalue weighted by Gasteiger charge is -2.64. The molecule has 0 bridgehead atoms. The molecular formula is C30H48O4. The van der Waals surface area contributed by atoms with E-state index in [1.807, 2.05) is 13.8 Å². The van der Waals surface area contributed by atoms with Crippen LogP contribution in [0.5, 0.6) is 0 Å². The SMILES string of the molecule is CC(C)(O)C1CC[C@](C)(C2C(O)C[C@@]3(C)C4CC=C5C(=CCC(O)C5(C)C)[C@]4(C)CCC23C)O1. The van der Waals surface area contributed by atoms with Crippen molar-refractivity contribution >= 4 is 0 Å². The Morgan fingerprint density at radius 3 is 2.15 bits per heavy atom. The average molecular weight is 473 g/mol. The predicted octanol–water partition coefficient (Wildman–Crippen LogP) is 5.55. The van der Waals surface area contributed by atoms with Gasteiger partial charge in [0.25, 0.3) is 0 Å². The van der Waals surface area contributed by atoms with Crippen LogP contribution in [-0.2, 0) is 4.74 Å². The minimum Gasteiger partial charge on any atom is -0.393 e. The van der Waals surface area contributed by atoms with E-state index in [0.29, 0.717) is 5.92 Å². The van der Waals surface area contributed by atoms with Crippen LogP contribution in [0, 0.1) is 33.5 Å². The van der Waals surface area contributed by atoms with E-state index in [4.69, 9.17) is 4.74 Å². The van der Waals surface area contributed by atoms with E-state index in [-0.39, 0.29) is 39.8 Å². The number of aliphatic hydroxyl groups excluding tert-OH is 2. The van der Waals surface area contributed by atoms with Gasteiger partial charge in [-0.1, -0.05) is 46.8 Å². The third-order valence-corrected chi connectivity index (χ3v) is 12.0. The van der Waals surface area contributed by atoms with Gasteiger partial charge in [-0.25, -0.2) is 0 Å². The molecule has 4 aliphatic carbocycles. The molecule has 0 radical (unpaired) electrons. The Labute approximate surface area is 206 Å². The van der Waals surface area contributed by atoms with Gasteiger partial charge in [0, 0.05) is 11.3 Å². The van der Waals surface area contributed by atoms with Crippen LogP contribution in [-0.4, -0.2) is 44.8 Å². The van der Waals surface area contributed by atoms with Gasteiger partial charge < -0.3 is 20.1 Å². The molecule has 34 heavy (non-hydrogen) atoms. The Hall–Kier alpha value is -0.680. The van der Waals surface area contributed by atoms with Crippen LogP contribution >= 0.6 is 0 Å². The maximum Gasteiger partial charge on any atom is 0.0865 e. The first-order valence-corrected chi connectivity index (χ1v) is 13.7. The molecule has 4 nitrogen and oxygen atoms in total. The molecule has 0 aromatic carbocycles. The summed E-state index contributed by atoms with van der Waals surface area (Å²) in [5.41, 5.74) is 1.34. The Bertz CT molecular complexity index is 927. The van der Waals surface area contributed by atoms with E-state index in [1.165, 1.54) is 11.1 Å². The number of aliphatic hydroxyl groups is 3. The number of hydrogen-bond donors (Lipinski definition) is 3. The summed E-state index contributed by atoms with van der Waals surface area (Å²) in [4.78, 5) is 0. The number of ether oxygens (including phenoxy) is 1. The predicted molar refractivity (Wildman–Crippen MR) is 135 cm³/mol. The zero-order chi connectivity index (χ0) is 25.1. The van der Waals surface area contributed by atoms with Crippen molar-refractivity contribution in [3.63, 3.8) is 0 Å². The zero-order valence-electron chi connectivity index (χ0n) is 22.7. The molecule has 4 heteroatoms. The number of hydrogen-bond acceptors (Lipinski definition) is 4. The first-order chi connectivity index (χ1) is 15.5. The van der Waals surface area contributed by atoms with Gasteiger partial charge in [-0.15, -0.1) is 0 Å². The monoisotopic (exact) mass is 472 g/mol. The molecule has 6 unspecified atom stereocenters. The second-order valence-electron chi connectivity index (χ2n) is 14.6. The molecule has 2 saturated carbocycles. The highest BCUT2D eigenvalue weighted by molar-refractivity contribution is 5.48. The quantitative estimate of drug-likeness (QED) is 0.493. The third-order valence-electron chi connectivity index (χ3n) is 12.0. The van der Waals surface area contributed by atoms with Crippen LogP contribution < -0.4 is 0 Å². The van der Waals surface area contributed by atoms with Gasteiger partial charge in [0.15, 0.2) is 0 Å². The molecule has 0 aromatic heterocycles. The Balaban J connectivity index is 1.53. The molecule has 1 aliphatic heterocycles. The van der Waals surface area contributed by atoms with Crippen molar-refractivity contribution < 1.29 is 20.1 Å². The van der Waals surface area contributed by atoms with Crippen molar-refractivity contribution in [2.45, 2.75) is 130 Å². The first-order valence-electron chi connectivity index (χ1n) is 13.7. The van der Waals surface area contributed by atoms with Crippen molar-refractivity contribution in [1.82, 2.24) is 0 Å². The zero-order valence-corrected chi connectivity index (χ0v) is 22.7. The standard InChI is InChI=1S/C30H48O4/c1-25(2)18-9-11-21-27(5,19(18)10-12-22(25)32)15-16-28(6)24(20(31)17-29(21,28)7)30(8)14-13-23(34-30)26(3,4)33/h9-10,20-24,31-33H,11-17H2,1-8H3/t20?,21?,22?,23?,24?,27-,28?,29-,30+/m0/s1. The lowest BCUT2D eigenvalue weighted by atomic mass is 9.40. The van der Waals surface area contributed by atoms with Crippen molar-refractivity contribution in [2.24, 2.45) is 33.5 Å². The maximum atomic E-state index is 11.7. The highest BCUT2D eigenvalue weighted by atomic mass is 16.5. The van der Waals surface area contributed by atoms with Crippen LogP contribution in [0.2, 0.25) is 0 Å². The largest absolute Gasteiger partial charge is 0.393 e. The van der Waals surface area contributed by atoms with Gasteiger partial charge in [0.05, 0.1) is 29.5 Å². The summed E-state index contributed by atoms with van der Waals surface area (Å²) in [6.45, 7) is 17.6. The van der Waals surface area contributed by atoms with Gasteiger partial charge in [0.1, 0.15) is 0 Å². The van der Waals surface area contributed by atoms with Crippen LogP contribution in [0.25, 0.3) is 0 Å². The minimum absolute atomic E-state index is 0.00759. The van der Waals surface area contributed by atoms with Gasteiger partial charge in [-0.3, -0.25) is 0 Å². The molecule has 0 amide bonds. The molecular weight excluding hydrogens is 424 g/mol. The number of fused-ring (bicyclic) bond motifs is 5. The summed E-state index contributed by atoms with van der Waals surface area (Å²) >= 11 is 0. The summed E-state index contributed by atoms with van der Waals surface area (Å²) in [5.74, 6) is 0.514. The van der Waals surface area contributed by atoms with Gasteiger partial charge >= 0.3 is 0 Å². The van der Waals surface area contributed by atoms with Crippen molar-refractivity contribution in [2.75, 3.05) is 0 Å². The Kier molecular flexibility index (Phi) is 5.30. The van der Waals surface area contributed by atoms with Crippen LogP contribution in [0.15, 0.2) is 23.3 Å². The molecule has 9 atom stereocenters. The topological polar surface area (TPSA) is 69.9 Å². The molecule has 3 fully saturated rings. The van der Waals surface area contributed by atoms with Crippen molar-refractivity contribution in [1.29, 1.82) is 0 Å². The molecule has 1 saturated heterocycles. The Morgan fingerprint density at radius 2 is 1.53 bits per heavy atom. The fraction of sp³-hybridized carbons (Fsp3) is 0.867. The van der Waals surface area contributed by atoms with Gasteiger partial charge in [-0.05, 0) is 99.0 Å². The summed E-state index contributed by atoms with van der Waals surface area (Å²) in [5, 5.41) is 33.1. The second-order valence-corrected chi connectivity index (χ2v) is 14.6. The normalized spacial score (nSPS) is 52.4. The summed E-state index contributed by atoms with van der Waals surface area (Å²) in [7, 11) is 0. The summed E-state index contributed by atoms with van der Waals surface area (Å²) in [6.07, 6.45) is 10.3. The fourth-order valence-corrected chi connectivity index (χ4v) is 9.76. The Morgan fingerprint density at radius 1 is 0.882 bits per heavy atom. The molecule has 192 valence electrons. The van der Waals surface area contributed by atoms with Crippen LogP contribution in [0.1, 0.15) is 100 Å². The fourth-order valence-electron chi connectivity index (χ4n) is 9.76.